The molecule has 1 aliphatic carbocycles. The molecular formula is C30H44O6. The molecule has 1 aliphatic rings. The smallest absolute Gasteiger partial charge is 0.335 e. The van der Waals surface area contributed by atoms with Crippen molar-refractivity contribution in [3.8, 4) is 5.75 Å². The number of unbranched alkanes of at least 4 members (excludes halogenated alkanes) is 2. The lowest BCUT2D eigenvalue weighted by Gasteiger charge is -2.28. The van der Waals surface area contributed by atoms with E-state index in [2.05, 4.69) is 20.1 Å². The Bertz CT molecular complexity index is 836. The van der Waals surface area contributed by atoms with E-state index in [1.165, 1.54) is 51.4 Å². The first kappa shape index (κ1) is 29.6. The second-order valence-corrected chi connectivity index (χ2v) is 10.1. The van der Waals surface area contributed by atoms with Crippen LogP contribution in [-0.2, 0) is 25.5 Å². The van der Waals surface area contributed by atoms with Crippen molar-refractivity contribution >= 4 is 11.9 Å². The van der Waals surface area contributed by atoms with Crippen molar-refractivity contribution in [2.45, 2.75) is 71.6 Å². The van der Waals surface area contributed by atoms with Crippen molar-refractivity contribution in [2.24, 2.45) is 17.8 Å². The predicted octanol–water partition coefficient (Wildman–Crippen LogP) is 5.82. The molecule has 0 heterocycles. The van der Waals surface area contributed by atoms with Gasteiger partial charge in [0.05, 0.1) is 32.0 Å². The molecule has 1 fully saturated rings. The monoisotopic (exact) mass is 500 g/mol. The van der Waals surface area contributed by atoms with Gasteiger partial charge in [0.2, 0.25) is 0 Å². The standard InChI is InChI=1S/C30H44O6/c1-5-6-7-8-24-9-11-26(12-10-24)19-34-28-15-13-25(14-16-28)17-27(20-35-29(32)22(2)3)21-36-30(33)23(4)18-31/h13-16,24,26-27,31H,2,4-12,17-21H2,1,3H3. The second kappa shape index (κ2) is 16.2. The van der Waals surface area contributed by atoms with Crippen LogP contribution in [0, 0.1) is 17.8 Å². The van der Waals surface area contributed by atoms with E-state index in [0.29, 0.717) is 17.9 Å². The molecule has 1 atom stereocenters. The lowest BCUT2D eigenvalue weighted by Crippen LogP contribution is -2.24. The molecule has 1 aromatic rings. The summed E-state index contributed by atoms with van der Waals surface area (Å²) in [6.45, 7) is 11.3. The number of esters is 2. The third-order valence-electron chi connectivity index (χ3n) is 6.84. The summed E-state index contributed by atoms with van der Waals surface area (Å²) < 4.78 is 16.6. The summed E-state index contributed by atoms with van der Waals surface area (Å²) in [6.07, 6.45) is 11.1. The minimum atomic E-state index is -0.660. The molecule has 0 radical (unpaired) electrons. The molecule has 2 rings (SSSR count). The van der Waals surface area contributed by atoms with E-state index in [0.717, 1.165) is 23.8 Å². The van der Waals surface area contributed by atoms with Crippen LogP contribution in [0.2, 0.25) is 0 Å². The van der Waals surface area contributed by atoms with Gasteiger partial charge < -0.3 is 19.3 Å². The number of carbonyl (C=O) groups is 2. The maximum absolute atomic E-state index is 11.9. The van der Waals surface area contributed by atoms with Crippen LogP contribution in [0.3, 0.4) is 0 Å². The molecule has 0 saturated heterocycles. The molecule has 1 aromatic carbocycles. The molecular weight excluding hydrogens is 456 g/mol. The van der Waals surface area contributed by atoms with E-state index >= 15 is 0 Å². The Labute approximate surface area is 216 Å². The molecule has 0 bridgehead atoms. The van der Waals surface area contributed by atoms with Gasteiger partial charge in [-0.15, -0.1) is 0 Å². The highest BCUT2D eigenvalue weighted by Crippen LogP contribution is 2.32. The molecule has 200 valence electrons. The minimum Gasteiger partial charge on any atom is -0.493 e. The maximum atomic E-state index is 11.9. The number of rotatable bonds is 16. The summed E-state index contributed by atoms with van der Waals surface area (Å²) in [5.41, 5.74) is 1.31. The average molecular weight is 501 g/mol. The number of hydrogen-bond donors (Lipinski definition) is 1. The lowest BCUT2D eigenvalue weighted by molar-refractivity contribution is -0.144. The van der Waals surface area contributed by atoms with Crippen LogP contribution in [-0.4, -0.2) is 43.5 Å². The van der Waals surface area contributed by atoms with Crippen LogP contribution in [0.1, 0.15) is 70.8 Å². The Kier molecular flexibility index (Phi) is 13.3. The fraction of sp³-hybridized carbons (Fsp3) is 0.600. The first-order valence-corrected chi connectivity index (χ1v) is 13.3. The summed E-state index contributed by atoms with van der Waals surface area (Å²) >= 11 is 0. The number of aliphatic hydroxyl groups excluding tert-OH is 1. The van der Waals surface area contributed by atoms with Gasteiger partial charge in [-0.1, -0.05) is 70.7 Å². The van der Waals surface area contributed by atoms with Crippen LogP contribution >= 0.6 is 0 Å². The highest BCUT2D eigenvalue weighted by atomic mass is 16.5. The van der Waals surface area contributed by atoms with Gasteiger partial charge >= 0.3 is 11.9 Å². The van der Waals surface area contributed by atoms with Gasteiger partial charge in [-0.3, -0.25) is 0 Å². The Balaban J connectivity index is 1.82. The van der Waals surface area contributed by atoms with Gasteiger partial charge in [0, 0.05) is 11.5 Å². The van der Waals surface area contributed by atoms with Gasteiger partial charge in [0.25, 0.3) is 0 Å². The predicted molar refractivity (Wildman–Crippen MR) is 142 cm³/mol. The van der Waals surface area contributed by atoms with Crippen LogP contribution < -0.4 is 4.74 Å². The van der Waals surface area contributed by atoms with Crippen LogP contribution in [0.5, 0.6) is 5.75 Å². The maximum Gasteiger partial charge on any atom is 0.335 e. The van der Waals surface area contributed by atoms with E-state index in [1.54, 1.807) is 6.92 Å². The van der Waals surface area contributed by atoms with Gasteiger partial charge in [-0.25, -0.2) is 9.59 Å². The second-order valence-electron chi connectivity index (χ2n) is 10.1. The van der Waals surface area contributed by atoms with Crippen molar-refractivity contribution in [1.82, 2.24) is 0 Å². The lowest BCUT2D eigenvalue weighted by atomic mass is 9.80. The summed E-state index contributed by atoms with van der Waals surface area (Å²) in [5.74, 6) is 0.985. The Morgan fingerprint density at radius 1 is 0.972 bits per heavy atom. The Morgan fingerprint density at radius 3 is 2.17 bits per heavy atom. The van der Waals surface area contributed by atoms with Crippen molar-refractivity contribution in [1.29, 1.82) is 0 Å². The van der Waals surface area contributed by atoms with Crippen molar-refractivity contribution in [3.05, 3.63) is 54.1 Å². The molecule has 1 saturated carbocycles. The first-order valence-electron chi connectivity index (χ1n) is 13.3. The van der Waals surface area contributed by atoms with E-state index in [4.69, 9.17) is 19.3 Å². The molecule has 36 heavy (non-hydrogen) atoms. The highest BCUT2D eigenvalue weighted by molar-refractivity contribution is 5.88. The van der Waals surface area contributed by atoms with E-state index < -0.39 is 18.5 Å². The van der Waals surface area contributed by atoms with Crippen LogP contribution in [0.25, 0.3) is 0 Å². The quantitative estimate of drug-likeness (QED) is 0.175. The first-order chi connectivity index (χ1) is 17.3. The summed E-state index contributed by atoms with van der Waals surface area (Å²) in [6, 6.07) is 7.90. The molecule has 6 nitrogen and oxygen atoms in total. The summed E-state index contributed by atoms with van der Waals surface area (Å²) in [7, 11) is 0. The molecule has 0 aliphatic heterocycles. The fourth-order valence-corrected chi connectivity index (χ4v) is 4.48. The molecule has 1 unspecified atom stereocenters. The van der Waals surface area contributed by atoms with Crippen LogP contribution in [0.15, 0.2) is 48.6 Å². The largest absolute Gasteiger partial charge is 0.493 e. The average Bonchev–Trinajstić information content (AvgIpc) is 2.89. The number of aliphatic hydroxyl groups is 1. The molecule has 0 spiro atoms. The number of carbonyl (C=O) groups excluding carboxylic acids is 2. The summed E-state index contributed by atoms with van der Waals surface area (Å²) in [4.78, 5) is 23.7. The zero-order chi connectivity index (χ0) is 26.3. The van der Waals surface area contributed by atoms with Crippen LogP contribution in [0.4, 0.5) is 0 Å². The van der Waals surface area contributed by atoms with E-state index in [9.17, 15) is 9.59 Å². The van der Waals surface area contributed by atoms with Gasteiger partial charge in [0.15, 0.2) is 0 Å². The fourth-order valence-electron chi connectivity index (χ4n) is 4.48. The number of benzene rings is 1. The molecule has 6 heteroatoms. The van der Waals surface area contributed by atoms with Crippen molar-refractivity contribution in [3.63, 3.8) is 0 Å². The van der Waals surface area contributed by atoms with Gasteiger partial charge in [-0.2, -0.15) is 0 Å². The third kappa shape index (κ3) is 11.0. The SMILES string of the molecule is C=C(C)C(=O)OCC(COC(=O)C(=C)CO)Cc1ccc(OCC2CCC(CCCCC)CC2)cc1. The minimum absolute atomic E-state index is 0.0147. The molecule has 0 amide bonds. The zero-order valence-corrected chi connectivity index (χ0v) is 22.1. The summed E-state index contributed by atoms with van der Waals surface area (Å²) in [5, 5.41) is 9.06. The molecule has 1 N–H and O–H groups in total. The van der Waals surface area contributed by atoms with Gasteiger partial charge in [-0.05, 0) is 55.7 Å². The topological polar surface area (TPSA) is 82.1 Å². The van der Waals surface area contributed by atoms with E-state index in [1.807, 2.05) is 24.3 Å². The van der Waals surface area contributed by atoms with Crippen molar-refractivity contribution < 1.29 is 28.9 Å². The van der Waals surface area contributed by atoms with Crippen molar-refractivity contribution in [2.75, 3.05) is 26.4 Å². The highest BCUT2D eigenvalue weighted by Gasteiger charge is 2.21. The molecule has 0 aromatic heterocycles. The Morgan fingerprint density at radius 2 is 1.58 bits per heavy atom. The zero-order valence-electron chi connectivity index (χ0n) is 22.1. The normalized spacial score (nSPS) is 18.2. The van der Waals surface area contributed by atoms with Gasteiger partial charge in [0.1, 0.15) is 5.75 Å². The number of ether oxygens (including phenoxy) is 3. The van der Waals surface area contributed by atoms with E-state index in [-0.39, 0.29) is 24.7 Å². The number of hydrogen-bond acceptors (Lipinski definition) is 6. The Hall–Kier alpha value is -2.60. The third-order valence-corrected chi connectivity index (χ3v) is 6.84.